The van der Waals surface area contributed by atoms with Crippen LogP contribution < -0.4 is 5.01 Å². The first-order valence-electron chi connectivity index (χ1n) is 6.49. The van der Waals surface area contributed by atoms with Crippen molar-refractivity contribution in [2.24, 2.45) is 5.10 Å². The molecular formula is C14H10N4O4S. The van der Waals surface area contributed by atoms with E-state index in [0.29, 0.717) is 5.13 Å². The molecule has 2 aromatic heterocycles. The van der Waals surface area contributed by atoms with Gasteiger partial charge in [-0.05, 0) is 18.2 Å². The molecule has 23 heavy (non-hydrogen) atoms. The maximum atomic E-state index is 11.8. The Kier molecular flexibility index (Phi) is 3.85. The van der Waals surface area contributed by atoms with Crippen molar-refractivity contribution < 1.29 is 14.1 Å². The van der Waals surface area contributed by atoms with Crippen LogP contribution in [0.2, 0.25) is 0 Å². The number of thiazole rings is 1. The van der Waals surface area contributed by atoms with Crippen molar-refractivity contribution in [1.29, 1.82) is 0 Å². The molecule has 2 heterocycles. The van der Waals surface area contributed by atoms with E-state index in [4.69, 9.17) is 4.42 Å². The number of anilines is 1. The molecule has 0 atom stereocenters. The number of hydrazone groups is 1. The fourth-order valence-electron chi connectivity index (χ4n) is 1.84. The van der Waals surface area contributed by atoms with Gasteiger partial charge in [0.25, 0.3) is 0 Å². The predicted octanol–water partition coefficient (Wildman–Crippen LogP) is 3.18. The number of nitrogens with zero attached hydrogens (tertiary/aromatic N) is 4. The molecule has 8 nitrogen and oxygen atoms in total. The number of aromatic nitrogens is 1. The van der Waals surface area contributed by atoms with Gasteiger partial charge in [-0.25, -0.2) is 4.98 Å². The number of hydrogen-bond acceptors (Lipinski definition) is 7. The van der Waals surface area contributed by atoms with Crippen LogP contribution >= 0.6 is 11.3 Å². The van der Waals surface area contributed by atoms with E-state index in [2.05, 4.69) is 10.1 Å². The molecule has 1 aromatic carbocycles. The van der Waals surface area contributed by atoms with E-state index in [1.807, 2.05) is 24.3 Å². The average Bonchev–Trinajstić information content (AvgIpc) is 3.13. The lowest BCUT2D eigenvalue weighted by molar-refractivity contribution is -0.402. The van der Waals surface area contributed by atoms with E-state index in [9.17, 15) is 14.9 Å². The third-order valence-electron chi connectivity index (χ3n) is 2.86. The smallest absolute Gasteiger partial charge is 0.400 e. The van der Waals surface area contributed by atoms with Crippen molar-refractivity contribution in [3.05, 3.63) is 52.3 Å². The van der Waals surface area contributed by atoms with Gasteiger partial charge in [-0.3, -0.25) is 14.9 Å². The summed E-state index contributed by atoms with van der Waals surface area (Å²) >= 11 is 1.32. The zero-order valence-electron chi connectivity index (χ0n) is 11.9. The maximum absolute atomic E-state index is 11.8. The highest BCUT2D eigenvalue weighted by atomic mass is 32.1. The number of hydrogen-bond donors (Lipinski definition) is 0. The van der Waals surface area contributed by atoms with E-state index in [1.165, 1.54) is 36.6 Å². The summed E-state index contributed by atoms with van der Waals surface area (Å²) in [6, 6.07) is 10.1. The molecule has 9 heteroatoms. The average molecular weight is 330 g/mol. The monoisotopic (exact) mass is 330 g/mol. The fourth-order valence-corrected chi connectivity index (χ4v) is 2.81. The first kappa shape index (κ1) is 14.9. The molecule has 116 valence electrons. The summed E-state index contributed by atoms with van der Waals surface area (Å²) in [6.45, 7) is 1.36. The Balaban J connectivity index is 1.90. The lowest BCUT2D eigenvalue weighted by Gasteiger charge is -2.09. The van der Waals surface area contributed by atoms with Gasteiger partial charge in [0.1, 0.15) is 4.92 Å². The van der Waals surface area contributed by atoms with Gasteiger partial charge in [0.05, 0.1) is 22.5 Å². The number of fused-ring (bicyclic) bond motifs is 1. The second-order valence-corrected chi connectivity index (χ2v) is 5.48. The molecule has 0 saturated heterocycles. The summed E-state index contributed by atoms with van der Waals surface area (Å²) in [4.78, 5) is 26.1. The quantitative estimate of drug-likeness (QED) is 0.415. The van der Waals surface area contributed by atoms with Crippen LogP contribution in [0.5, 0.6) is 0 Å². The van der Waals surface area contributed by atoms with Crippen molar-refractivity contribution >= 4 is 44.7 Å². The van der Waals surface area contributed by atoms with Gasteiger partial charge in [0.15, 0.2) is 5.76 Å². The van der Waals surface area contributed by atoms with Crippen LogP contribution in [0.15, 0.2) is 45.9 Å². The second kappa shape index (κ2) is 5.97. The number of amides is 1. The molecule has 0 aliphatic carbocycles. The van der Waals surface area contributed by atoms with Gasteiger partial charge in [0, 0.05) is 6.92 Å². The topological polar surface area (TPSA) is 102 Å². The minimum atomic E-state index is -0.645. The van der Waals surface area contributed by atoms with Crippen LogP contribution in [-0.2, 0) is 4.79 Å². The zero-order chi connectivity index (χ0) is 16.4. The zero-order valence-corrected chi connectivity index (χ0v) is 12.7. The molecule has 0 aliphatic rings. The van der Waals surface area contributed by atoms with Crippen molar-refractivity contribution in [3.8, 4) is 0 Å². The van der Waals surface area contributed by atoms with Crippen molar-refractivity contribution in [2.45, 2.75) is 6.92 Å². The summed E-state index contributed by atoms with van der Waals surface area (Å²) < 4.78 is 5.89. The summed E-state index contributed by atoms with van der Waals surface area (Å²) in [7, 11) is 0. The Bertz CT molecular complexity index is 881. The maximum Gasteiger partial charge on any atom is 0.433 e. The standard InChI is InChI=1S/C14H10N4O4S/c1-9(19)17(14-16-11-4-2-3-5-12(11)23-14)15-8-10-6-7-13(22-10)18(20)21/h2-8H,1H3/b15-8+. The minimum absolute atomic E-state index is 0.170. The van der Waals surface area contributed by atoms with Crippen molar-refractivity contribution in [2.75, 3.05) is 5.01 Å². The molecule has 0 unspecified atom stereocenters. The van der Waals surface area contributed by atoms with E-state index in [0.717, 1.165) is 15.2 Å². The molecule has 0 bridgehead atoms. The van der Waals surface area contributed by atoms with Crippen LogP contribution in [-0.4, -0.2) is 22.0 Å². The Morgan fingerprint density at radius 1 is 1.39 bits per heavy atom. The van der Waals surface area contributed by atoms with Crippen LogP contribution in [0.25, 0.3) is 10.2 Å². The Labute approximate surface area is 133 Å². The molecule has 0 aliphatic heterocycles. The van der Waals surface area contributed by atoms with Crippen LogP contribution in [0.3, 0.4) is 0 Å². The first-order valence-corrected chi connectivity index (χ1v) is 7.31. The SMILES string of the molecule is CC(=O)N(/N=C/c1ccc([N+](=O)[O-])o1)c1nc2ccccc2s1. The molecule has 0 N–H and O–H groups in total. The number of para-hydroxylation sites is 1. The summed E-state index contributed by atoms with van der Waals surface area (Å²) in [5.74, 6) is -0.550. The largest absolute Gasteiger partial charge is 0.433 e. The number of rotatable bonds is 4. The van der Waals surface area contributed by atoms with Crippen molar-refractivity contribution in [3.63, 3.8) is 0 Å². The molecule has 0 fully saturated rings. The summed E-state index contributed by atoms with van der Waals surface area (Å²) in [5.41, 5.74) is 0.766. The third kappa shape index (κ3) is 3.09. The summed E-state index contributed by atoms with van der Waals surface area (Å²) in [6.07, 6.45) is 1.24. The van der Waals surface area contributed by atoms with E-state index in [-0.39, 0.29) is 17.6 Å². The van der Waals surface area contributed by atoms with Gasteiger partial charge in [-0.2, -0.15) is 10.1 Å². The number of carbonyl (C=O) groups is 1. The van der Waals surface area contributed by atoms with Gasteiger partial charge >= 0.3 is 5.88 Å². The third-order valence-corrected chi connectivity index (χ3v) is 3.87. The normalized spacial score (nSPS) is 11.2. The Hall–Kier alpha value is -3.07. The lowest BCUT2D eigenvalue weighted by atomic mass is 10.3. The second-order valence-electron chi connectivity index (χ2n) is 4.47. The predicted molar refractivity (Wildman–Crippen MR) is 85.7 cm³/mol. The first-order chi connectivity index (χ1) is 11.0. The van der Waals surface area contributed by atoms with Gasteiger partial charge in [-0.1, -0.05) is 23.5 Å². The number of furan rings is 1. The lowest BCUT2D eigenvalue weighted by Crippen LogP contribution is -2.22. The minimum Gasteiger partial charge on any atom is -0.400 e. The van der Waals surface area contributed by atoms with Crippen LogP contribution in [0.4, 0.5) is 11.0 Å². The molecule has 1 amide bonds. The molecule has 0 spiro atoms. The van der Waals surface area contributed by atoms with E-state index >= 15 is 0 Å². The highest BCUT2D eigenvalue weighted by molar-refractivity contribution is 7.22. The summed E-state index contributed by atoms with van der Waals surface area (Å²) in [5, 5.41) is 16.1. The highest BCUT2D eigenvalue weighted by Gasteiger charge is 2.16. The van der Waals surface area contributed by atoms with Crippen molar-refractivity contribution in [1.82, 2.24) is 4.98 Å². The Morgan fingerprint density at radius 3 is 2.83 bits per heavy atom. The van der Waals surface area contributed by atoms with E-state index in [1.54, 1.807) is 0 Å². The van der Waals surface area contributed by atoms with Crippen LogP contribution in [0.1, 0.15) is 12.7 Å². The van der Waals surface area contributed by atoms with E-state index < -0.39 is 4.92 Å². The van der Waals surface area contributed by atoms with Crippen LogP contribution in [0, 0.1) is 10.1 Å². The molecular weight excluding hydrogens is 320 g/mol. The van der Waals surface area contributed by atoms with Gasteiger partial charge in [-0.15, -0.1) is 0 Å². The molecule has 3 aromatic rings. The van der Waals surface area contributed by atoms with Gasteiger partial charge in [0.2, 0.25) is 11.0 Å². The van der Waals surface area contributed by atoms with Gasteiger partial charge < -0.3 is 4.42 Å². The Morgan fingerprint density at radius 2 is 2.17 bits per heavy atom. The number of carbonyl (C=O) groups excluding carboxylic acids is 1. The fraction of sp³-hybridized carbons (Fsp3) is 0.0714. The molecule has 3 rings (SSSR count). The number of nitro groups is 1. The molecule has 0 radical (unpaired) electrons. The molecule has 0 saturated carbocycles. The highest BCUT2D eigenvalue weighted by Crippen LogP contribution is 2.28. The number of benzene rings is 1.